The Bertz CT molecular complexity index is 887. The number of fused-ring (bicyclic) bond motifs is 1. The van der Waals surface area contributed by atoms with Crippen LogP contribution in [0.2, 0.25) is 0 Å². The van der Waals surface area contributed by atoms with E-state index in [4.69, 9.17) is 0 Å². The zero-order valence-corrected chi connectivity index (χ0v) is 19.2. The summed E-state index contributed by atoms with van der Waals surface area (Å²) < 4.78 is 26.9. The van der Waals surface area contributed by atoms with Crippen LogP contribution >= 0.6 is 24.2 Å². The summed E-state index contributed by atoms with van der Waals surface area (Å²) in [4.78, 5) is 1.48. The van der Waals surface area contributed by atoms with Crippen molar-refractivity contribution in [2.75, 3.05) is 12.0 Å². The van der Waals surface area contributed by atoms with Gasteiger partial charge in [0.15, 0.2) is 9.84 Å². The fourth-order valence-electron chi connectivity index (χ4n) is 3.97. The highest BCUT2D eigenvalue weighted by molar-refractivity contribution is 7.98. The summed E-state index contributed by atoms with van der Waals surface area (Å²) in [5.41, 5.74) is 1.57. The summed E-state index contributed by atoms with van der Waals surface area (Å²) in [5, 5.41) is 3.79. The molecule has 1 aliphatic rings. The molecular formula is C22H30ClNO2S2. The first kappa shape index (κ1) is 23.3. The Balaban J connectivity index is 0.00000280. The largest absolute Gasteiger partial charge is 0.300 e. The van der Waals surface area contributed by atoms with Gasteiger partial charge in [0.25, 0.3) is 0 Å². The molecule has 0 amide bonds. The number of nitrogens with one attached hydrogen (secondary N) is 1. The Labute approximate surface area is 180 Å². The van der Waals surface area contributed by atoms with Crippen molar-refractivity contribution in [3.63, 3.8) is 0 Å². The normalized spacial score (nSPS) is 23.3. The van der Waals surface area contributed by atoms with Gasteiger partial charge in [-0.3, -0.25) is 5.32 Å². The number of benzene rings is 2. The highest BCUT2D eigenvalue weighted by Crippen LogP contribution is 2.39. The molecule has 0 spiro atoms. The molecule has 3 rings (SSSR count). The number of halogens is 1. The van der Waals surface area contributed by atoms with Crippen LogP contribution in [0.3, 0.4) is 0 Å². The lowest BCUT2D eigenvalue weighted by Crippen LogP contribution is -2.50. The SMILES string of the molecule is CCCC[C@]1(CC)CS(=O)(=O)c2cc(SC)ccc2[C@H](c2ccccc2)N1.Cl. The maximum absolute atomic E-state index is 13.4. The minimum atomic E-state index is -3.38. The van der Waals surface area contributed by atoms with Crippen molar-refractivity contribution in [1.29, 1.82) is 0 Å². The number of hydrogen-bond donors (Lipinski definition) is 1. The first-order valence-electron chi connectivity index (χ1n) is 9.68. The monoisotopic (exact) mass is 439 g/mol. The van der Waals surface area contributed by atoms with Crippen molar-refractivity contribution in [2.24, 2.45) is 0 Å². The maximum atomic E-state index is 13.4. The van der Waals surface area contributed by atoms with Gasteiger partial charge in [-0.2, -0.15) is 0 Å². The molecule has 1 N–H and O–H groups in total. The molecule has 6 heteroatoms. The van der Waals surface area contributed by atoms with Gasteiger partial charge < -0.3 is 0 Å². The fraction of sp³-hybridized carbons (Fsp3) is 0.455. The first-order chi connectivity index (χ1) is 12.9. The van der Waals surface area contributed by atoms with Gasteiger partial charge >= 0.3 is 0 Å². The second kappa shape index (κ2) is 9.66. The van der Waals surface area contributed by atoms with E-state index in [1.54, 1.807) is 11.8 Å². The molecule has 0 radical (unpaired) electrons. The second-order valence-corrected chi connectivity index (χ2v) is 10.2. The molecule has 3 nitrogen and oxygen atoms in total. The van der Waals surface area contributed by atoms with E-state index in [1.807, 2.05) is 42.7 Å². The average molecular weight is 440 g/mol. The third-order valence-corrected chi connectivity index (χ3v) is 8.28. The van der Waals surface area contributed by atoms with Crippen molar-refractivity contribution in [3.05, 3.63) is 59.7 Å². The molecule has 0 bridgehead atoms. The van der Waals surface area contributed by atoms with Gasteiger partial charge in [0.1, 0.15) is 0 Å². The first-order valence-corrected chi connectivity index (χ1v) is 12.6. The molecule has 1 heterocycles. The van der Waals surface area contributed by atoms with E-state index < -0.39 is 15.4 Å². The van der Waals surface area contributed by atoms with E-state index in [-0.39, 0.29) is 24.2 Å². The average Bonchev–Trinajstić information content (AvgIpc) is 2.79. The molecule has 2 aromatic carbocycles. The van der Waals surface area contributed by atoms with Gasteiger partial charge in [-0.15, -0.1) is 24.2 Å². The van der Waals surface area contributed by atoms with Gasteiger partial charge in [0.2, 0.25) is 0 Å². The quantitative estimate of drug-likeness (QED) is 0.592. The highest BCUT2D eigenvalue weighted by atomic mass is 35.5. The Morgan fingerprint density at radius 3 is 2.46 bits per heavy atom. The summed E-state index contributed by atoms with van der Waals surface area (Å²) in [6.07, 6.45) is 5.72. The van der Waals surface area contributed by atoms with E-state index in [0.29, 0.717) is 4.90 Å². The number of sulfone groups is 1. The van der Waals surface area contributed by atoms with Gasteiger partial charge in [-0.05, 0) is 42.4 Å². The van der Waals surface area contributed by atoms with Gasteiger partial charge in [-0.25, -0.2) is 8.42 Å². The van der Waals surface area contributed by atoms with E-state index in [0.717, 1.165) is 41.7 Å². The van der Waals surface area contributed by atoms with E-state index in [2.05, 4.69) is 31.3 Å². The highest BCUT2D eigenvalue weighted by Gasteiger charge is 2.41. The summed E-state index contributed by atoms with van der Waals surface area (Å²) in [5.74, 6) is 0.157. The number of rotatable bonds is 6. The van der Waals surface area contributed by atoms with Gasteiger partial charge in [-0.1, -0.05) is 63.1 Å². The summed E-state index contributed by atoms with van der Waals surface area (Å²) in [6, 6.07) is 16.0. The van der Waals surface area contributed by atoms with Gasteiger partial charge in [0, 0.05) is 10.4 Å². The van der Waals surface area contributed by atoms with Gasteiger partial charge in [0.05, 0.1) is 16.7 Å². The Morgan fingerprint density at radius 2 is 1.86 bits per heavy atom. The Morgan fingerprint density at radius 1 is 1.14 bits per heavy atom. The molecule has 2 aromatic rings. The molecular weight excluding hydrogens is 410 g/mol. The van der Waals surface area contributed by atoms with Crippen molar-refractivity contribution in [2.45, 2.75) is 60.9 Å². The Kier molecular flexibility index (Phi) is 8.03. The van der Waals surface area contributed by atoms with Crippen molar-refractivity contribution >= 4 is 34.0 Å². The van der Waals surface area contributed by atoms with Crippen LogP contribution < -0.4 is 5.32 Å². The lowest BCUT2D eigenvalue weighted by molar-refractivity contribution is 0.295. The van der Waals surface area contributed by atoms with Crippen LogP contribution in [0.4, 0.5) is 0 Å². The zero-order chi connectivity index (χ0) is 19.5. The van der Waals surface area contributed by atoms with Crippen LogP contribution in [0.25, 0.3) is 0 Å². The molecule has 0 unspecified atom stereocenters. The van der Waals surface area contributed by atoms with Crippen LogP contribution in [0, 0.1) is 0 Å². The van der Waals surface area contributed by atoms with E-state index in [1.165, 1.54) is 0 Å². The molecule has 1 aliphatic heterocycles. The minimum absolute atomic E-state index is 0. The van der Waals surface area contributed by atoms with E-state index in [9.17, 15) is 8.42 Å². The van der Waals surface area contributed by atoms with Crippen molar-refractivity contribution in [1.82, 2.24) is 5.32 Å². The topological polar surface area (TPSA) is 46.2 Å². The van der Waals surface area contributed by atoms with Crippen LogP contribution in [-0.4, -0.2) is 26.0 Å². The molecule has 0 saturated carbocycles. The number of hydrogen-bond acceptors (Lipinski definition) is 4. The van der Waals surface area contributed by atoms with Crippen molar-refractivity contribution in [3.8, 4) is 0 Å². The molecule has 28 heavy (non-hydrogen) atoms. The molecule has 0 aromatic heterocycles. The third kappa shape index (κ3) is 4.76. The standard InChI is InChI=1S/C22H29NO2S2.ClH/c1-4-6-14-22(5-2)16-27(24,25)20-15-18(26-3)12-13-19(20)21(23-22)17-10-8-7-9-11-17;/h7-13,15,21,23H,4-6,14,16H2,1-3H3;1H/t21-,22+;/m0./s1. The third-order valence-electron chi connectivity index (χ3n) is 5.60. The maximum Gasteiger partial charge on any atom is 0.180 e. The van der Waals surface area contributed by atoms with Crippen LogP contribution in [0.5, 0.6) is 0 Å². The number of thioether (sulfide) groups is 1. The minimum Gasteiger partial charge on any atom is -0.300 e. The summed E-state index contributed by atoms with van der Waals surface area (Å²) in [7, 11) is -3.38. The van der Waals surface area contributed by atoms with Crippen molar-refractivity contribution < 1.29 is 8.42 Å². The lowest BCUT2D eigenvalue weighted by Gasteiger charge is -2.35. The fourth-order valence-corrected chi connectivity index (χ4v) is 6.65. The van der Waals surface area contributed by atoms with E-state index >= 15 is 0 Å². The Hall–Kier alpha value is -1.01. The summed E-state index contributed by atoms with van der Waals surface area (Å²) >= 11 is 1.58. The smallest absolute Gasteiger partial charge is 0.180 e. The van der Waals surface area contributed by atoms with Crippen LogP contribution in [-0.2, 0) is 9.84 Å². The van der Waals surface area contributed by atoms with Crippen LogP contribution in [0.1, 0.15) is 56.7 Å². The molecule has 154 valence electrons. The summed E-state index contributed by atoms with van der Waals surface area (Å²) in [6.45, 7) is 4.26. The number of unbranched alkanes of at least 4 members (excludes halogenated alkanes) is 1. The second-order valence-electron chi connectivity index (χ2n) is 7.39. The predicted molar refractivity (Wildman–Crippen MR) is 121 cm³/mol. The predicted octanol–water partition coefficient (Wildman–Crippen LogP) is 5.64. The molecule has 0 aliphatic carbocycles. The molecule has 2 atom stereocenters. The van der Waals surface area contributed by atoms with Crippen LogP contribution in [0.15, 0.2) is 58.3 Å². The lowest BCUT2D eigenvalue weighted by atomic mass is 9.88. The zero-order valence-electron chi connectivity index (χ0n) is 16.8. The molecule has 0 saturated heterocycles. The molecule has 0 fully saturated rings.